The first-order chi connectivity index (χ1) is 16.7. The summed E-state index contributed by atoms with van der Waals surface area (Å²) >= 11 is 0. The van der Waals surface area contributed by atoms with Crippen LogP contribution in [0.1, 0.15) is 45.5 Å². The summed E-state index contributed by atoms with van der Waals surface area (Å²) in [5, 5.41) is 12.0. The maximum atomic E-state index is 14.4. The molecule has 2 amide bonds. The molecule has 3 rings (SSSR count). The Morgan fingerprint density at radius 2 is 1.83 bits per heavy atom. The van der Waals surface area contributed by atoms with Crippen molar-refractivity contribution in [1.82, 2.24) is 20.2 Å². The van der Waals surface area contributed by atoms with Crippen LogP contribution in [-0.4, -0.2) is 44.6 Å². The van der Waals surface area contributed by atoms with Crippen LogP contribution in [0.4, 0.5) is 22.4 Å². The standard InChI is InChI=1S/C24H25F4N5O3/c1-13-15(9-29)8-19(33(13)22(35)36-23(2,3)4)20(34)30-10-16-7-14(5-6-18(16)25)17-11-31-21(32-12-17)24(26,27)28/h5-7,11-13,15,19H,8,10H2,1-4H3,(H,30,34)/t13-,15-,19-/m0/s1. The van der Waals surface area contributed by atoms with E-state index in [1.165, 1.54) is 17.0 Å². The fourth-order valence-electron chi connectivity index (χ4n) is 3.84. The molecule has 1 aromatic carbocycles. The summed E-state index contributed by atoms with van der Waals surface area (Å²) in [4.78, 5) is 33.5. The molecule has 1 N–H and O–H groups in total. The number of ether oxygens (including phenoxy) is 1. The molecule has 2 heterocycles. The number of carbonyl (C=O) groups is 2. The molecule has 0 saturated carbocycles. The Kier molecular flexibility index (Phi) is 7.52. The van der Waals surface area contributed by atoms with Crippen LogP contribution in [0.2, 0.25) is 0 Å². The molecule has 1 fully saturated rings. The van der Waals surface area contributed by atoms with Gasteiger partial charge in [-0.2, -0.15) is 18.4 Å². The number of alkyl halides is 3. The Bertz CT molecular complexity index is 1170. The van der Waals surface area contributed by atoms with Gasteiger partial charge in [0.1, 0.15) is 17.5 Å². The highest BCUT2D eigenvalue weighted by atomic mass is 19.4. The van der Waals surface area contributed by atoms with Crippen LogP contribution in [0.15, 0.2) is 30.6 Å². The molecule has 8 nitrogen and oxygen atoms in total. The van der Waals surface area contributed by atoms with E-state index in [2.05, 4.69) is 21.4 Å². The number of halogens is 4. The third-order valence-corrected chi connectivity index (χ3v) is 5.64. The van der Waals surface area contributed by atoms with E-state index in [9.17, 15) is 32.4 Å². The van der Waals surface area contributed by atoms with Crippen molar-refractivity contribution in [1.29, 1.82) is 5.26 Å². The molecule has 0 unspecified atom stereocenters. The fourth-order valence-corrected chi connectivity index (χ4v) is 3.84. The van der Waals surface area contributed by atoms with E-state index in [-0.39, 0.29) is 24.1 Å². The van der Waals surface area contributed by atoms with Gasteiger partial charge in [-0.25, -0.2) is 19.2 Å². The molecule has 36 heavy (non-hydrogen) atoms. The highest BCUT2D eigenvalue weighted by Gasteiger charge is 2.46. The molecule has 0 bridgehead atoms. The summed E-state index contributed by atoms with van der Waals surface area (Å²) in [5.74, 6) is -3.12. The topological polar surface area (TPSA) is 108 Å². The molecule has 1 aliphatic rings. The average molecular weight is 507 g/mol. The summed E-state index contributed by atoms with van der Waals surface area (Å²) < 4.78 is 58.0. The maximum Gasteiger partial charge on any atom is 0.451 e. The second-order valence-corrected chi connectivity index (χ2v) is 9.43. The molecule has 192 valence electrons. The van der Waals surface area contributed by atoms with Crippen molar-refractivity contribution >= 4 is 12.0 Å². The van der Waals surface area contributed by atoms with Gasteiger partial charge in [0.05, 0.1) is 12.0 Å². The van der Waals surface area contributed by atoms with Gasteiger partial charge in [-0.05, 0) is 51.8 Å². The maximum absolute atomic E-state index is 14.4. The largest absolute Gasteiger partial charge is 0.451 e. The minimum absolute atomic E-state index is 0.0624. The third kappa shape index (κ3) is 6.08. The summed E-state index contributed by atoms with van der Waals surface area (Å²) in [6.45, 7) is 6.44. The second-order valence-electron chi connectivity index (χ2n) is 9.43. The zero-order chi connectivity index (χ0) is 26.8. The fraction of sp³-hybridized carbons (Fsp3) is 0.458. The summed E-state index contributed by atoms with van der Waals surface area (Å²) in [6.07, 6.45) is -3.37. The number of nitriles is 1. The van der Waals surface area contributed by atoms with E-state index >= 15 is 0 Å². The lowest BCUT2D eigenvalue weighted by atomic mass is 10.0. The van der Waals surface area contributed by atoms with Crippen LogP contribution in [0.3, 0.4) is 0 Å². The Morgan fingerprint density at radius 3 is 2.39 bits per heavy atom. The number of benzene rings is 1. The van der Waals surface area contributed by atoms with E-state index < -0.39 is 53.4 Å². The van der Waals surface area contributed by atoms with Crippen molar-refractivity contribution in [2.45, 2.75) is 64.5 Å². The predicted octanol–water partition coefficient (Wildman–Crippen LogP) is 4.46. The molecular formula is C24H25F4N5O3. The first kappa shape index (κ1) is 26.8. The second kappa shape index (κ2) is 10.1. The lowest BCUT2D eigenvalue weighted by molar-refractivity contribution is -0.145. The number of likely N-dealkylation sites (tertiary alicyclic amines) is 1. The molecule has 0 spiro atoms. The van der Waals surface area contributed by atoms with Gasteiger partial charge in [-0.15, -0.1) is 0 Å². The lowest BCUT2D eigenvalue weighted by Crippen LogP contribution is -2.50. The molecule has 2 aromatic rings. The quantitative estimate of drug-likeness (QED) is 0.613. The normalized spacial score (nSPS) is 20.1. The number of hydrogen-bond donors (Lipinski definition) is 1. The Morgan fingerprint density at radius 1 is 1.19 bits per heavy atom. The Balaban J connectivity index is 1.76. The number of aromatic nitrogens is 2. The number of nitrogens with one attached hydrogen (secondary N) is 1. The zero-order valence-corrected chi connectivity index (χ0v) is 20.1. The summed E-state index contributed by atoms with van der Waals surface area (Å²) in [5.41, 5.74) is -0.168. The van der Waals surface area contributed by atoms with Gasteiger partial charge in [-0.1, -0.05) is 6.07 Å². The Labute approximate surface area is 205 Å². The Hall–Kier alpha value is -3.75. The predicted molar refractivity (Wildman–Crippen MR) is 119 cm³/mol. The van der Waals surface area contributed by atoms with Gasteiger partial charge in [0.15, 0.2) is 0 Å². The zero-order valence-electron chi connectivity index (χ0n) is 20.1. The molecule has 1 saturated heterocycles. The number of amides is 2. The number of carbonyl (C=O) groups excluding carboxylic acids is 2. The van der Waals surface area contributed by atoms with Crippen LogP contribution in [0, 0.1) is 23.1 Å². The van der Waals surface area contributed by atoms with Crippen LogP contribution < -0.4 is 5.32 Å². The van der Waals surface area contributed by atoms with E-state index in [1.54, 1.807) is 27.7 Å². The molecule has 12 heteroatoms. The van der Waals surface area contributed by atoms with Gasteiger partial charge in [-0.3, -0.25) is 9.69 Å². The van der Waals surface area contributed by atoms with Gasteiger partial charge >= 0.3 is 12.3 Å². The minimum Gasteiger partial charge on any atom is -0.444 e. The van der Waals surface area contributed by atoms with E-state index in [0.29, 0.717) is 5.56 Å². The van der Waals surface area contributed by atoms with Crippen molar-refractivity contribution < 1.29 is 31.9 Å². The van der Waals surface area contributed by atoms with Gasteiger partial charge in [0.2, 0.25) is 11.7 Å². The summed E-state index contributed by atoms with van der Waals surface area (Å²) in [7, 11) is 0. The van der Waals surface area contributed by atoms with Gasteiger partial charge in [0, 0.05) is 36.1 Å². The van der Waals surface area contributed by atoms with Gasteiger partial charge < -0.3 is 10.1 Å². The third-order valence-electron chi connectivity index (χ3n) is 5.64. The van der Waals surface area contributed by atoms with Crippen LogP contribution in [0.25, 0.3) is 11.1 Å². The van der Waals surface area contributed by atoms with Crippen molar-refractivity contribution in [2.75, 3.05) is 0 Å². The number of rotatable bonds is 4. The molecule has 0 radical (unpaired) electrons. The lowest BCUT2D eigenvalue weighted by Gasteiger charge is -2.30. The highest BCUT2D eigenvalue weighted by molar-refractivity contribution is 5.86. The first-order valence-corrected chi connectivity index (χ1v) is 11.1. The molecule has 3 atom stereocenters. The van der Waals surface area contributed by atoms with E-state index in [0.717, 1.165) is 18.5 Å². The number of nitrogens with zero attached hydrogens (tertiary/aromatic N) is 4. The van der Waals surface area contributed by atoms with Gasteiger partial charge in [0.25, 0.3) is 0 Å². The van der Waals surface area contributed by atoms with Crippen molar-refractivity contribution in [2.24, 2.45) is 5.92 Å². The molecule has 0 aliphatic carbocycles. The first-order valence-electron chi connectivity index (χ1n) is 11.1. The number of hydrogen-bond acceptors (Lipinski definition) is 6. The van der Waals surface area contributed by atoms with Crippen molar-refractivity contribution in [3.63, 3.8) is 0 Å². The van der Waals surface area contributed by atoms with Crippen LogP contribution in [-0.2, 0) is 22.3 Å². The van der Waals surface area contributed by atoms with E-state index in [1.807, 2.05) is 0 Å². The van der Waals surface area contributed by atoms with E-state index in [4.69, 9.17) is 4.74 Å². The SMILES string of the molecule is C[C@H]1[C@H](C#N)C[C@@H](C(=O)NCc2cc(-c3cnc(C(F)(F)F)nc3)ccc2F)N1C(=O)OC(C)(C)C. The van der Waals surface area contributed by atoms with Crippen molar-refractivity contribution in [3.8, 4) is 17.2 Å². The molecule has 1 aliphatic heterocycles. The molecular weight excluding hydrogens is 482 g/mol. The summed E-state index contributed by atoms with van der Waals surface area (Å²) in [6, 6.07) is 4.37. The minimum atomic E-state index is -4.69. The van der Waals surface area contributed by atoms with Crippen LogP contribution >= 0.6 is 0 Å². The average Bonchev–Trinajstić information content (AvgIpc) is 3.13. The van der Waals surface area contributed by atoms with Crippen molar-refractivity contribution in [3.05, 3.63) is 47.8 Å². The molecule has 1 aromatic heterocycles. The monoisotopic (exact) mass is 507 g/mol. The smallest absolute Gasteiger partial charge is 0.444 e. The van der Waals surface area contributed by atoms with Crippen LogP contribution in [0.5, 0.6) is 0 Å². The highest BCUT2D eigenvalue weighted by Crippen LogP contribution is 2.32.